The summed E-state index contributed by atoms with van der Waals surface area (Å²) in [6.45, 7) is 7.52. The Balaban J connectivity index is 1.62. The van der Waals surface area contributed by atoms with Gasteiger partial charge in [0.05, 0.1) is 12.6 Å². The van der Waals surface area contributed by atoms with Crippen LogP contribution in [0.3, 0.4) is 0 Å². The number of ether oxygens (including phenoxy) is 1. The summed E-state index contributed by atoms with van der Waals surface area (Å²) >= 11 is 1.75. The average Bonchev–Trinajstić information content (AvgIpc) is 3.19. The van der Waals surface area contributed by atoms with Crippen LogP contribution >= 0.6 is 11.3 Å². The molecule has 5 heteroatoms. The lowest BCUT2D eigenvalue weighted by atomic mass is 9.89. The van der Waals surface area contributed by atoms with Crippen LogP contribution in [0.25, 0.3) is 0 Å². The zero-order valence-electron chi connectivity index (χ0n) is 15.7. The molecular weight excluding hydrogens is 342 g/mol. The van der Waals surface area contributed by atoms with Crippen LogP contribution in [0.15, 0.2) is 46.8 Å². The number of nitrogens with one attached hydrogen (secondary N) is 2. The van der Waals surface area contributed by atoms with Gasteiger partial charge in [0, 0.05) is 30.5 Å². The highest BCUT2D eigenvalue weighted by Crippen LogP contribution is 2.33. The Morgan fingerprint density at radius 3 is 2.81 bits per heavy atom. The van der Waals surface area contributed by atoms with E-state index in [0.717, 1.165) is 38.6 Å². The molecule has 1 aliphatic rings. The van der Waals surface area contributed by atoms with Crippen LogP contribution in [0.2, 0.25) is 0 Å². The molecule has 2 N–H and O–H groups in total. The Bertz CT molecular complexity index is 682. The first-order valence-electron chi connectivity index (χ1n) is 9.49. The predicted molar refractivity (Wildman–Crippen MR) is 110 cm³/mol. The largest absolute Gasteiger partial charge is 0.373 e. The number of hydrogen-bond donors (Lipinski definition) is 2. The van der Waals surface area contributed by atoms with Gasteiger partial charge in [-0.05, 0) is 43.7 Å². The number of benzene rings is 1. The molecule has 0 saturated carbocycles. The highest BCUT2D eigenvalue weighted by atomic mass is 32.1. The fourth-order valence-electron chi connectivity index (χ4n) is 3.31. The van der Waals surface area contributed by atoms with Crippen molar-refractivity contribution in [3.8, 4) is 0 Å². The van der Waals surface area contributed by atoms with Crippen molar-refractivity contribution in [1.82, 2.24) is 10.6 Å². The molecule has 26 heavy (non-hydrogen) atoms. The van der Waals surface area contributed by atoms with Crippen molar-refractivity contribution in [2.75, 3.05) is 19.7 Å². The molecule has 0 aliphatic carbocycles. The van der Waals surface area contributed by atoms with Gasteiger partial charge in [-0.2, -0.15) is 0 Å². The fourth-order valence-corrected chi connectivity index (χ4v) is 3.93. The summed E-state index contributed by atoms with van der Waals surface area (Å²) in [6, 6.07) is 12.9. The molecule has 0 amide bonds. The molecule has 4 nitrogen and oxygen atoms in total. The molecule has 1 aromatic carbocycles. The molecule has 2 aromatic rings. The number of thiophene rings is 1. The monoisotopic (exact) mass is 371 g/mol. The van der Waals surface area contributed by atoms with E-state index in [-0.39, 0.29) is 6.10 Å². The van der Waals surface area contributed by atoms with E-state index < -0.39 is 0 Å². The minimum atomic E-state index is 0.164. The molecule has 2 unspecified atom stereocenters. The van der Waals surface area contributed by atoms with Crippen LogP contribution in [0.5, 0.6) is 0 Å². The first-order valence-corrected chi connectivity index (χ1v) is 10.4. The molecule has 1 saturated heterocycles. The van der Waals surface area contributed by atoms with Crippen LogP contribution in [0.1, 0.15) is 41.9 Å². The molecular formula is C21H29N3OS. The van der Waals surface area contributed by atoms with Crippen molar-refractivity contribution in [2.24, 2.45) is 10.9 Å². The minimum Gasteiger partial charge on any atom is -0.373 e. The second-order valence-corrected chi connectivity index (χ2v) is 7.79. The van der Waals surface area contributed by atoms with Gasteiger partial charge in [-0.1, -0.05) is 35.9 Å². The lowest BCUT2D eigenvalue weighted by molar-refractivity contribution is -0.0265. The molecule has 0 bridgehead atoms. The van der Waals surface area contributed by atoms with E-state index in [1.54, 1.807) is 11.3 Å². The number of hydrogen-bond acceptors (Lipinski definition) is 3. The molecule has 140 valence electrons. The predicted octanol–water partition coefficient (Wildman–Crippen LogP) is 4.28. The van der Waals surface area contributed by atoms with E-state index in [1.807, 2.05) is 0 Å². The Morgan fingerprint density at radius 2 is 2.08 bits per heavy atom. The normalized spacial score (nSPS) is 20.8. The van der Waals surface area contributed by atoms with Crippen molar-refractivity contribution in [1.29, 1.82) is 0 Å². The highest BCUT2D eigenvalue weighted by molar-refractivity contribution is 7.09. The Hall–Kier alpha value is -1.85. The molecule has 1 fully saturated rings. The van der Waals surface area contributed by atoms with E-state index >= 15 is 0 Å². The topological polar surface area (TPSA) is 45.7 Å². The summed E-state index contributed by atoms with van der Waals surface area (Å²) in [6.07, 6.45) is 2.46. The number of aliphatic imine (C=N–C) groups is 1. The average molecular weight is 372 g/mol. The van der Waals surface area contributed by atoms with Gasteiger partial charge in [-0.25, -0.2) is 4.99 Å². The van der Waals surface area contributed by atoms with Gasteiger partial charge in [0.1, 0.15) is 0 Å². The second-order valence-electron chi connectivity index (χ2n) is 6.76. The van der Waals surface area contributed by atoms with E-state index in [2.05, 4.69) is 66.3 Å². The second kappa shape index (κ2) is 9.74. The number of rotatable bonds is 6. The first kappa shape index (κ1) is 18.9. The molecule has 0 radical (unpaired) electrons. The van der Waals surface area contributed by atoms with Gasteiger partial charge >= 0.3 is 0 Å². The fraction of sp³-hybridized carbons (Fsp3) is 0.476. The Labute approximate surface area is 160 Å². The quantitative estimate of drug-likeness (QED) is 0.588. The van der Waals surface area contributed by atoms with Gasteiger partial charge in [-0.3, -0.25) is 0 Å². The lowest BCUT2D eigenvalue weighted by Crippen LogP contribution is -2.42. The SMILES string of the molecule is CCNC(=NCc1cccs1)NCC1CCCOC1c1ccc(C)cc1. The van der Waals surface area contributed by atoms with Crippen LogP contribution in [-0.4, -0.2) is 25.7 Å². The van der Waals surface area contributed by atoms with E-state index in [0.29, 0.717) is 5.92 Å². The van der Waals surface area contributed by atoms with Crippen LogP contribution in [0, 0.1) is 12.8 Å². The number of guanidine groups is 1. The van der Waals surface area contributed by atoms with Crippen molar-refractivity contribution < 1.29 is 4.74 Å². The number of nitrogens with zero attached hydrogens (tertiary/aromatic N) is 1. The van der Waals surface area contributed by atoms with E-state index in [4.69, 9.17) is 9.73 Å². The summed E-state index contributed by atoms with van der Waals surface area (Å²) in [7, 11) is 0. The van der Waals surface area contributed by atoms with Crippen molar-refractivity contribution in [3.63, 3.8) is 0 Å². The molecule has 1 aromatic heterocycles. The van der Waals surface area contributed by atoms with E-state index in [1.165, 1.54) is 22.4 Å². The first-order chi connectivity index (χ1) is 12.8. The maximum absolute atomic E-state index is 6.13. The standard InChI is InChI=1S/C21H29N3OS/c1-3-22-21(24-15-19-7-5-13-26-19)23-14-18-6-4-12-25-20(18)17-10-8-16(2)9-11-17/h5,7-11,13,18,20H,3-4,6,12,14-15H2,1-2H3,(H2,22,23,24). The maximum atomic E-state index is 6.13. The summed E-state index contributed by atoms with van der Waals surface area (Å²) in [5, 5.41) is 8.97. The van der Waals surface area contributed by atoms with Crippen LogP contribution < -0.4 is 10.6 Å². The van der Waals surface area contributed by atoms with Crippen LogP contribution in [0.4, 0.5) is 0 Å². The van der Waals surface area contributed by atoms with E-state index in [9.17, 15) is 0 Å². The molecule has 2 heterocycles. The summed E-state index contributed by atoms with van der Waals surface area (Å²) in [5.74, 6) is 1.34. The third kappa shape index (κ3) is 5.32. The smallest absolute Gasteiger partial charge is 0.191 e. The highest BCUT2D eigenvalue weighted by Gasteiger charge is 2.27. The third-order valence-electron chi connectivity index (χ3n) is 4.70. The van der Waals surface area contributed by atoms with Crippen molar-refractivity contribution >= 4 is 17.3 Å². The molecule has 3 rings (SSSR count). The zero-order chi connectivity index (χ0) is 18.2. The van der Waals surface area contributed by atoms with Gasteiger partial charge in [0.2, 0.25) is 0 Å². The Kier molecular flexibility index (Phi) is 7.09. The van der Waals surface area contributed by atoms with Crippen molar-refractivity contribution in [3.05, 3.63) is 57.8 Å². The Morgan fingerprint density at radius 1 is 1.23 bits per heavy atom. The molecule has 2 atom stereocenters. The summed E-state index contributed by atoms with van der Waals surface area (Å²) < 4.78 is 6.13. The van der Waals surface area contributed by atoms with Gasteiger partial charge in [0.15, 0.2) is 5.96 Å². The lowest BCUT2D eigenvalue weighted by Gasteiger charge is -2.32. The van der Waals surface area contributed by atoms with Crippen LogP contribution in [-0.2, 0) is 11.3 Å². The maximum Gasteiger partial charge on any atom is 0.191 e. The zero-order valence-corrected chi connectivity index (χ0v) is 16.5. The minimum absolute atomic E-state index is 0.164. The molecule has 1 aliphatic heterocycles. The molecule has 0 spiro atoms. The van der Waals surface area contributed by atoms with Gasteiger partial charge in [-0.15, -0.1) is 11.3 Å². The van der Waals surface area contributed by atoms with Crippen molar-refractivity contribution in [2.45, 2.75) is 39.3 Å². The van der Waals surface area contributed by atoms with Gasteiger partial charge in [0.25, 0.3) is 0 Å². The third-order valence-corrected chi connectivity index (χ3v) is 5.56. The number of aryl methyl sites for hydroxylation is 1. The summed E-state index contributed by atoms with van der Waals surface area (Å²) in [5.41, 5.74) is 2.57. The summed E-state index contributed by atoms with van der Waals surface area (Å²) in [4.78, 5) is 5.99. The van der Waals surface area contributed by atoms with Gasteiger partial charge < -0.3 is 15.4 Å².